The number of benzene rings is 1. The molecule has 1 aromatic carbocycles. The molecule has 0 N–H and O–H groups in total. The van der Waals surface area contributed by atoms with Gasteiger partial charge in [0, 0.05) is 35.9 Å². The van der Waals surface area contributed by atoms with Crippen LogP contribution in [-0.4, -0.2) is 38.2 Å². The molecule has 6 rings (SSSR count). The van der Waals surface area contributed by atoms with E-state index in [0.717, 1.165) is 36.2 Å². The molecule has 2 aromatic heterocycles. The van der Waals surface area contributed by atoms with Crippen molar-refractivity contribution in [2.45, 2.75) is 38.3 Å². The number of aromatic nitrogens is 3. The summed E-state index contributed by atoms with van der Waals surface area (Å²) in [6, 6.07) is 7.66. The largest absolute Gasteiger partial charge is 0.454 e. The van der Waals surface area contributed by atoms with Crippen LogP contribution in [0.4, 0.5) is 0 Å². The van der Waals surface area contributed by atoms with Crippen molar-refractivity contribution in [3.8, 4) is 11.5 Å². The molecule has 3 aromatic rings. The van der Waals surface area contributed by atoms with Gasteiger partial charge in [0.1, 0.15) is 0 Å². The normalized spacial score (nSPS) is 22.3. The predicted octanol–water partition coefficient (Wildman–Crippen LogP) is 2.67. The van der Waals surface area contributed by atoms with Crippen molar-refractivity contribution in [2.75, 3.05) is 6.79 Å². The molecule has 0 radical (unpaired) electrons. The molecule has 1 fully saturated rings. The van der Waals surface area contributed by atoms with Gasteiger partial charge in [-0.3, -0.25) is 4.79 Å². The number of ether oxygens (including phenoxy) is 2. The van der Waals surface area contributed by atoms with E-state index in [2.05, 4.69) is 10.1 Å². The lowest BCUT2D eigenvalue weighted by Crippen LogP contribution is -2.42. The second-order valence-electron chi connectivity index (χ2n) is 7.45. The summed E-state index contributed by atoms with van der Waals surface area (Å²) in [4.78, 5) is 19.9. The van der Waals surface area contributed by atoms with Gasteiger partial charge in [0.15, 0.2) is 17.1 Å². The number of amides is 1. The fourth-order valence-electron chi connectivity index (χ4n) is 4.69. The van der Waals surface area contributed by atoms with Crippen molar-refractivity contribution in [2.24, 2.45) is 0 Å². The number of carbonyl (C=O) groups is 1. The Morgan fingerprint density at radius 2 is 2.07 bits per heavy atom. The molecule has 7 heteroatoms. The van der Waals surface area contributed by atoms with Crippen LogP contribution in [0.1, 0.15) is 46.2 Å². The zero-order valence-corrected chi connectivity index (χ0v) is 14.9. The molecule has 27 heavy (non-hydrogen) atoms. The Morgan fingerprint density at radius 1 is 1.19 bits per heavy atom. The van der Waals surface area contributed by atoms with E-state index in [1.807, 2.05) is 40.7 Å². The number of hydrogen-bond donors (Lipinski definition) is 0. The highest BCUT2D eigenvalue weighted by atomic mass is 16.7. The number of carbonyl (C=O) groups excluding carboxylic acids is 1. The summed E-state index contributed by atoms with van der Waals surface area (Å²) >= 11 is 0. The molecule has 0 unspecified atom stereocenters. The molecule has 7 nitrogen and oxygen atoms in total. The van der Waals surface area contributed by atoms with Crippen molar-refractivity contribution in [1.29, 1.82) is 0 Å². The topological polar surface area (TPSA) is 69.0 Å². The quantitative estimate of drug-likeness (QED) is 0.666. The third-order valence-electron chi connectivity index (χ3n) is 5.88. The smallest absolute Gasteiger partial charge is 0.254 e. The van der Waals surface area contributed by atoms with E-state index in [9.17, 15) is 4.79 Å². The van der Waals surface area contributed by atoms with Gasteiger partial charge < -0.3 is 14.4 Å². The van der Waals surface area contributed by atoms with Gasteiger partial charge in [-0.05, 0) is 38.0 Å². The third-order valence-corrected chi connectivity index (χ3v) is 5.88. The highest BCUT2D eigenvalue weighted by Gasteiger charge is 2.44. The molecular formula is C20H18N4O3. The first-order valence-corrected chi connectivity index (χ1v) is 9.25. The Hall–Kier alpha value is -3.09. The Labute approximate surface area is 155 Å². The Balaban J connectivity index is 1.41. The van der Waals surface area contributed by atoms with E-state index in [-0.39, 0.29) is 24.8 Å². The third kappa shape index (κ3) is 2.05. The van der Waals surface area contributed by atoms with Crippen LogP contribution in [0, 0.1) is 6.92 Å². The predicted molar refractivity (Wildman–Crippen MR) is 95.9 cm³/mol. The summed E-state index contributed by atoms with van der Waals surface area (Å²) in [5.41, 5.74) is 4.79. The minimum atomic E-state index is 0.0446. The highest BCUT2D eigenvalue weighted by Crippen LogP contribution is 2.44. The van der Waals surface area contributed by atoms with Gasteiger partial charge in [-0.25, -0.2) is 9.50 Å². The van der Waals surface area contributed by atoms with Gasteiger partial charge in [0.25, 0.3) is 5.91 Å². The van der Waals surface area contributed by atoms with Gasteiger partial charge in [-0.15, -0.1) is 0 Å². The first-order valence-electron chi connectivity index (χ1n) is 9.25. The maximum atomic E-state index is 13.3. The average Bonchev–Trinajstić information content (AvgIpc) is 3.36. The lowest BCUT2D eigenvalue weighted by Gasteiger charge is -2.36. The number of aryl methyl sites for hydroxylation is 1. The molecule has 136 valence electrons. The molecule has 2 atom stereocenters. The Kier molecular flexibility index (Phi) is 2.90. The van der Waals surface area contributed by atoms with Gasteiger partial charge >= 0.3 is 0 Å². The average molecular weight is 362 g/mol. The molecule has 3 aliphatic heterocycles. The summed E-state index contributed by atoms with van der Waals surface area (Å²) in [6.45, 7) is 2.19. The van der Waals surface area contributed by atoms with Crippen LogP contribution in [0.5, 0.6) is 11.5 Å². The van der Waals surface area contributed by atoms with Crippen molar-refractivity contribution in [3.05, 3.63) is 53.0 Å². The number of hydrogen-bond acceptors (Lipinski definition) is 5. The van der Waals surface area contributed by atoms with Crippen LogP contribution in [0.25, 0.3) is 5.65 Å². The van der Waals surface area contributed by atoms with E-state index in [4.69, 9.17) is 9.47 Å². The Bertz CT molecular complexity index is 1110. The van der Waals surface area contributed by atoms with Crippen molar-refractivity contribution < 1.29 is 14.3 Å². The van der Waals surface area contributed by atoms with Gasteiger partial charge in [-0.1, -0.05) is 0 Å². The van der Waals surface area contributed by atoms with Gasteiger partial charge in [0.05, 0.1) is 17.4 Å². The maximum Gasteiger partial charge on any atom is 0.254 e. The monoisotopic (exact) mass is 362 g/mol. The van der Waals surface area contributed by atoms with Crippen molar-refractivity contribution in [3.63, 3.8) is 0 Å². The SMILES string of the molecule is Cc1cc2ncc3c(n2n1)C[C@H]1CC[C@@H]3N1C(=O)c1ccc2c(c1)OCO2. The number of nitrogens with zero attached hydrogens (tertiary/aromatic N) is 4. The maximum absolute atomic E-state index is 13.3. The minimum Gasteiger partial charge on any atom is -0.454 e. The van der Waals surface area contributed by atoms with E-state index < -0.39 is 0 Å². The molecule has 1 amide bonds. The first-order chi connectivity index (χ1) is 13.2. The molecule has 5 heterocycles. The molecular weight excluding hydrogens is 344 g/mol. The molecule has 3 aliphatic rings. The minimum absolute atomic E-state index is 0.0446. The fourth-order valence-corrected chi connectivity index (χ4v) is 4.69. The summed E-state index contributed by atoms with van der Waals surface area (Å²) in [5, 5.41) is 4.61. The van der Waals surface area contributed by atoms with E-state index >= 15 is 0 Å². The van der Waals surface area contributed by atoms with Crippen LogP contribution in [-0.2, 0) is 6.42 Å². The molecule has 0 saturated carbocycles. The van der Waals surface area contributed by atoms with Crippen LogP contribution < -0.4 is 9.47 Å². The van der Waals surface area contributed by atoms with E-state index in [1.54, 1.807) is 6.07 Å². The van der Waals surface area contributed by atoms with E-state index in [0.29, 0.717) is 17.1 Å². The second-order valence-corrected chi connectivity index (χ2v) is 7.45. The highest BCUT2D eigenvalue weighted by molar-refractivity contribution is 5.96. The molecule has 2 bridgehead atoms. The van der Waals surface area contributed by atoms with Crippen molar-refractivity contribution >= 4 is 11.6 Å². The lowest BCUT2D eigenvalue weighted by molar-refractivity contribution is 0.0642. The standard InChI is InChI=1S/C20H18N4O3/c1-11-6-19-21-9-14-15-4-3-13(8-16(14)24(19)22-11)23(15)20(25)12-2-5-17-18(7-12)27-10-26-17/h2,5-7,9,13,15H,3-4,8,10H2,1H3/t13-,15+/m1/s1. The zero-order valence-electron chi connectivity index (χ0n) is 14.9. The van der Waals surface area contributed by atoms with Crippen LogP contribution in [0.3, 0.4) is 0 Å². The Morgan fingerprint density at radius 3 is 3.00 bits per heavy atom. The summed E-state index contributed by atoms with van der Waals surface area (Å²) in [7, 11) is 0. The van der Waals surface area contributed by atoms with Crippen LogP contribution in [0.2, 0.25) is 0 Å². The first kappa shape index (κ1) is 15.0. The molecule has 0 spiro atoms. The van der Waals surface area contributed by atoms with Gasteiger partial charge in [0.2, 0.25) is 6.79 Å². The lowest BCUT2D eigenvalue weighted by atomic mass is 9.98. The summed E-state index contributed by atoms with van der Waals surface area (Å²) in [6.07, 6.45) is 4.69. The van der Waals surface area contributed by atoms with Crippen molar-refractivity contribution in [1.82, 2.24) is 19.5 Å². The fraction of sp³-hybridized carbons (Fsp3) is 0.350. The van der Waals surface area contributed by atoms with Crippen LogP contribution >= 0.6 is 0 Å². The zero-order chi connectivity index (χ0) is 18.1. The molecule has 1 saturated heterocycles. The van der Waals surface area contributed by atoms with Gasteiger partial charge in [-0.2, -0.15) is 5.10 Å². The number of rotatable bonds is 1. The summed E-state index contributed by atoms with van der Waals surface area (Å²) in [5.74, 6) is 1.38. The van der Waals surface area contributed by atoms with E-state index in [1.165, 1.54) is 5.69 Å². The summed E-state index contributed by atoms with van der Waals surface area (Å²) < 4.78 is 12.8. The molecule has 0 aliphatic carbocycles. The van der Waals surface area contributed by atoms with Crippen LogP contribution in [0.15, 0.2) is 30.5 Å². The second kappa shape index (κ2) is 5.22. The number of fused-ring (bicyclic) bond motifs is 7.